The molecule has 0 spiro atoms. The Morgan fingerprint density at radius 1 is 1.10 bits per heavy atom. The molecular formula is C13H24N4O3. The number of nitrogens with one attached hydrogen (secondary N) is 2. The third-order valence-electron chi connectivity index (χ3n) is 3.64. The summed E-state index contributed by atoms with van der Waals surface area (Å²) < 4.78 is 5.26. The number of hydrogen-bond donors (Lipinski definition) is 2. The molecule has 2 saturated heterocycles. The molecule has 2 fully saturated rings. The lowest BCUT2D eigenvalue weighted by Crippen LogP contribution is -2.47. The van der Waals surface area contributed by atoms with Gasteiger partial charge in [-0.1, -0.05) is 0 Å². The van der Waals surface area contributed by atoms with Crippen molar-refractivity contribution in [2.24, 2.45) is 0 Å². The van der Waals surface area contributed by atoms with Gasteiger partial charge < -0.3 is 20.3 Å². The highest BCUT2D eigenvalue weighted by Crippen LogP contribution is 1.97. The van der Waals surface area contributed by atoms with Crippen LogP contribution in [0.25, 0.3) is 0 Å². The van der Waals surface area contributed by atoms with Crippen molar-refractivity contribution in [2.75, 3.05) is 65.6 Å². The number of carbonyl (C=O) groups excluding carboxylic acids is 2. The van der Waals surface area contributed by atoms with Crippen LogP contribution < -0.4 is 10.6 Å². The van der Waals surface area contributed by atoms with E-state index in [4.69, 9.17) is 4.74 Å². The van der Waals surface area contributed by atoms with E-state index in [0.29, 0.717) is 19.6 Å². The molecule has 0 atom stereocenters. The van der Waals surface area contributed by atoms with Crippen LogP contribution in [0.2, 0.25) is 0 Å². The predicted molar refractivity (Wildman–Crippen MR) is 74.3 cm³/mol. The second kappa shape index (κ2) is 8.18. The van der Waals surface area contributed by atoms with E-state index in [9.17, 15) is 9.59 Å². The summed E-state index contributed by atoms with van der Waals surface area (Å²) in [5.74, 6) is -0.893. The quantitative estimate of drug-likeness (QED) is 0.602. The van der Waals surface area contributed by atoms with Crippen LogP contribution in [0.15, 0.2) is 0 Å². The minimum Gasteiger partial charge on any atom is -0.379 e. The Labute approximate surface area is 119 Å². The third-order valence-corrected chi connectivity index (χ3v) is 3.64. The standard InChI is InChI=1S/C13H24N4O3/c18-12(13(19)17-5-1-2-14-3-7-17)15-4-6-16-8-10-20-11-9-16/h14H,1-11H2,(H,15,18). The maximum atomic E-state index is 12.0. The van der Waals surface area contributed by atoms with Crippen LogP contribution in [0, 0.1) is 0 Å². The van der Waals surface area contributed by atoms with Gasteiger partial charge in [0, 0.05) is 45.8 Å². The summed E-state index contributed by atoms with van der Waals surface area (Å²) in [6.45, 7) is 7.47. The fraction of sp³-hybridized carbons (Fsp3) is 0.846. The lowest BCUT2D eigenvalue weighted by Gasteiger charge is -2.26. The molecule has 0 radical (unpaired) electrons. The van der Waals surface area contributed by atoms with Crippen molar-refractivity contribution < 1.29 is 14.3 Å². The van der Waals surface area contributed by atoms with E-state index in [1.807, 2.05) is 0 Å². The van der Waals surface area contributed by atoms with Crippen molar-refractivity contribution in [1.82, 2.24) is 20.4 Å². The molecule has 0 unspecified atom stereocenters. The number of rotatable bonds is 3. The molecule has 0 saturated carbocycles. The van der Waals surface area contributed by atoms with E-state index in [0.717, 1.165) is 52.4 Å². The van der Waals surface area contributed by atoms with Gasteiger partial charge in [-0.2, -0.15) is 0 Å². The molecule has 0 aromatic heterocycles. The summed E-state index contributed by atoms with van der Waals surface area (Å²) in [5, 5.41) is 5.93. The monoisotopic (exact) mass is 284 g/mol. The van der Waals surface area contributed by atoms with Crippen LogP contribution in [0.4, 0.5) is 0 Å². The third kappa shape index (κ3) is 4.73. The number of morpholine rings is 1. The van der Waals surface area contributed by atoms with Crippen molar-refractivity contribution in [2.45, 2.75) is 6.42 Å². The summed E-state index contributed by atoms with van der Waals surface area (Å²) in [4.78, 5) is 27.7. The molecule has 0 aromatic rings. The highest BCUT2D eigenvalue weighted by Gasteiger charge is 2.22. The minimum absolute atomic E-state index is 0.407. The highest BCUT2D eigenvalue weighted by molar-refractivity contribution is 6.35. The first-order valence-electron chi connectivity index (χ1n) is 7.35. The van der Waals surface area contributed by atoms with Crippen LogP contribution in [0.1, 0.15) is 6.42 Å². The maximum absolute atomic E-state index is 12.0. The summed E-state index contributed by atoms with van der Waals surface area (Å²) in [6, 6.07) is 0. The van der Waals surface area contributed by atoms with Crippen molar-refractivity contribution in [3.63, 3.8) is 0 Å². The first-order chi connectivity index (χ1) is 9.77. The summed E-state index contributed by atoms with van der Waals surface area (Å²) >= 11 is 0. The smallest absolute Gasteiger partial charge is 0.311 e. The van der Waals surface area contributed by atoms with Gasteiger partial charge in [-0.3, -0.25) is 14.5 Å². The Hall–Kier alpha value is -1.18. The molecule has 2 aliphatic heterocycles. The number of ether oxygens (including phenoxy) is 1. The first-order valence-corrected chi connectivity index (χ1v) is 7.35. The average Bonchev–Trinajstić information content (AvgIpc) is 2.76. The van der Waals surface area contributed by atoms with Gasteiger partial charge in [0.1, 0.15) is 0 Å². The van der Waals surface area contributed by atoms with E-state index in [1.54, 1.807) is 4.90 Å². The number of hydrogen-bond acceptors (Lipinski definition) is 5. The lowest BCUT2D eigenvalue weighted by molar-refractivity contribution is -0.145. The van der Waals surface area contributed by atoms with E-state index < -0.39 is 11.8 Å². The minimum atomic E-state index is -0.486. The second-order valence-corrected chi connectivity index (χ2v) is 5.11. The van der Waals surface area contributed by atoms with Crippen LogP contribution in [-0.4, -0.2) is 87.2 Å². The molecule has 0 aromatic carbocycles. The van der Waals surface area contributed by atoms with Crippen LogP contribution in [-0.2, 0) is 14.3 Å². The zero-order chi connectivity index (χ0) is 14.2. The summed E-state index contributed by atoms with van der Waals surface area (Å²) in [5.41, 5.74) is 0. The Morgan fingerprint density at radius 3 is 2.70 bits per heavy atom. The molecule has 0 bridgehead atoms. The molecule has 2 amide bonds. The Balaban J connectivity index is 1.66. The van der Waals surface area contributed by atoms with Gasteiger partial charge in [0.2, 0.25) is 0 Å². The average molecular weight is 284 g/mol. The van der Waals surface area contributed by atoms with Gasteiger partial charge in [0.25, 0.3) is 0 Å². The fourth-order valence-electron chi connectivity index (χ4n) is 2.42. The topological polar surface area (TPSA) is 73.9 Å². The zero-order valence-corrected chi connectivity index (χ0v) is 11.9. The number of amides is 2. The zero-order valence-electron chi connectivity index (χ0n) is 11.9. The van der Waals surface area contributed by atoms with E-state index >= 15 is 0 Å². The van der Waals surface area contributed by atoms with Crippen LogP contribution in [0.3, 0.4) is 0 Å². The van der Waals surface area contributed by atoms with Gasteiger partial charge in [-0.25, -0.2) is 0 Å². The fourth-order valence-corrected chi connectivity index (χ4v) is 2.42. The number of carbonyl (C=O) groups is 2. The van der Waals surface area contributed by atoms with Crippen LogP contribution in [0.5, 0.6) is 0 Å². The molecule has 2 rings (SSSR count). The van der Waals surface area contributed by atoms with Crippen molar-refractivity contribution >= 4 is 11.8 Å². The predicted octanol–water partition coefficient (Wildman–Crippen LogP) is -1.74. The molecule has 2 heterocycles. The van der Waals surface area contributed by atoms with E-state index in [-0.39, 0.29) is 0 Å². The van der Waals surface area contributed by atoms with E-state index in [2.05, 4.69) is 15.5 Å². The van der Waals surface area contributed by atoms with Crippen molar-refractivity contribution in [1.29, 1.82) is 0 Å². The van der Waals surface area contributed by atoms with Gasteiger partial charge in [0.05, 0.1) is 13.2 Å². The second-order valence-electron chi connectivity index (χ2n) is 5.11. The Morgan fingerprint density at radius 2 is 1.90 bits per heavy atom. The molecule has 2 aliphatic rings. The summed E-state index contributed by atoms with van der Waals surface area (Å²) in [7, 11) is 0. The highest BCUT2D eigenvalue weighted by atomic mass is 16.5. The Kier molecular flexibility index (Phi) is 6.23. The normalized spacial score (nSPS) is 21.3. The molecule has 114 valence electrons. The van der Waals surface area contributed by atoms with Crippen LogP contribution >= 0.6 is 0 Å². The van der Waals surface area contributed by atoms with Crippen molar-refractivity contribution in [3.05, 3.63) is 0 Å². The van der Waals surface area contributed by atoms with Gasteiger partial charge in [0.15, 0.2) is 0 Å². The largest absolute Gasteiger partial charge is 0.379 e. The van der Waals surface area contributed by atoms with Crippen molar-refractivity contribution in [3.8, 4) is 0 Å². The molecule has 2 N–H and O–H groups in total. The molecule has 7 nitrogen and oxygen atoms in total. The molecule has 7 heteroatoms. The SMILES string of the molecule is O=C(NCCN1CCOCC1)C(=O)N1CCCNCC1. The van der Waals surface area contributed by atoms with E-state index in [1.165, 1.54) is 0 Å². The van der Waals surface area contributed by atoms with Gasteiger partial charge in [-0.05, 0) is 13.0 Å². The molecule has 20 heavy (non-hydrogen) atoms. The maximum Gasteiger partial charge on any atom is 0.311 e. The lowest BCUT2D eigenvalue weighted by atomic mass is 10.3. The Bertz CT molecular complexity index is 324. The van der Waals surface area contributed by atoms with Gasteiger partial charge >= 0.3 is 11.8 Å². The number of nitrogens with zero attached hydrogens (tertiary/aromatic N) is 2. The van der Waals surface area contributed by atoms with Gasteiger partial charge in [-0.15, -0.1) is 0 Å². The molecule has 0 aliphatic carbocycles. The molecular weight excluding hydrogens is 260 g/mol. The first kappa shape index (κ1) is 15.2. The summed E-state index contributed by atoms with van der Waals surface area (Å²) in [6.07, 6.45) is 0.896.